The van der Waals surface area contributed by atoms with Crippen molar-refractivity contribution >= 4 is 21.9 Å². The van der Waals surface area contributed by atoms with E-state index in [0.29, 0.717) is 11.8 Å². The van der Waals surface area contributed by atoms with E-state index >= 15 is 0 Å². The predicted molar refractivity (Wildman–Crippen MR) is 59.1 cm³/mol. The highest BCUT2D eigenvalue weighted by atomic mass is 79.9. The maximum atomic E-state index is 5.61. The number of hydrogen-bond donors (Lipinski definition) is 1. The van der Waals surface area contributed by atoms with Gasteiger partial charge in [-0.15, -0.1) is 0 Å². The molecule has 0 aliphatic heterocycles. The van der Waals surface area contributed by atoms with Crippen LogP contribution in [-0.4, -0.2) is 16.1 Å². The Morgan fingerprint density at radius 2 is 2.07 bits per heavy atom. The average molecular weight is 260 g/mol. The average Bonchev–Trinajstić information content (AvgIpc) is 2.11. The zero-order valence-corrected chi connectivity index (χ0v) is 10.1. The van der Waals surface area contributed by atoms with E-state index in [9.17, 15) is 0 Å². The third kappa shape index (κ3) is 2.83. The molecule has 0 spiro atoms. The van der Waals surface area contributed by atoms with Gasteiger partial charge in [0, 0.05) is 0 Å². The summed E-state index contributed by atoms with van der Waals surface area (Å²) in [5, 5.41) is 0. The first-order valence-corrected chi connectivity index (χ1v) is 5.24. The Labute approximate surface area is 92.0 Å². The Morgan fingerprint density at radius 1 is 1.43 bits per heavy atom. The summed E-state index contributed by atoms with van der Waals surface area (Å²) in [4.78, 5) is 7.82. The molecule has 5 heteroatoms. The van der Waals surface area contributed by atoms with E-state index in [1.54, 1.807) is 6.20 Å². The van der Waals surface area contributed by atoms with Crippen molar-refractivity contribution in [2.45, 2.75) is 26.9 Å². The lowest BCUT2D eigenvalue weighted by atomic mass is 10.1. The van der Waals surface area contributed by atoms with E-state index in [0.717, 1.165) is 4.47 Å². The van der Waals surface area contributed by atoms with Crippen LogP contribution in [0.5, 0.6) is 5.88 Å². The van der Waals surface area contributed by atoms with Gasteiger partial charge in [0.25, 0.3) is 0 Å². The molecule has 14 heavy (non-hydrogen) atoms. The molecule has 0 saturated carbocycles. The van der Waals surface area contributed by atoms with E-state index in [1.807, 2.05) is 6.92 Å². The van der Waals surface area contributed by atoms with Crippen molar-refractivity contribution in [1.29, 1.82) is 0 Å². The molecule has 1 unspecified atom stereocenters. The van der Waals surface area contributed by atoms with Crippen molar-refractivity contribution in [2.24, 2.45) is 5.92 Å². The maximum Gasteiger partial charge on any atom is 0.233 e. The number of nitrogens with two attached hydrogens (primary N) is 1. The van der Waals surface area contributed by atoms with E-state index < -0.39 is 0 Å². The van der Waals surface area contributed by atoms with E-state index in [4.69, 9.17) is 10.5 Å². The minimum Gasteiger partial charge on any atom is -0.473 e. The van der Waals surface area contributed by atoms with Gasteiger partial charge < -0.3 is 10.5 Å². The van der Waals surface area contributed by atoms with Gasteiger partial charge in [0.15, 0.2) is 0 Å². The Hall–Kier alpha value is -0.840. The molecule has 1 aromatic heterocycles. The van der Waals surface area contributed by atoms with Crippen LogP contribution in [0.25, 0.3) is 0 Å². The zero-order chi connectivity index (χ0) is 10.7. The molecule has 0 aromatic carbocycles. The number of nitrogens with zero attached hydrogens (tertiary/aromatic N) is 2. The molecule has 0 bridgehead atoms. The molecule has 1 heterocycles. The number of aromatic nitrogens is 2. The van der Waals surface area contributed by atoms with Crippen molar-refractivity contribution in [3.8, 4) is 5.88 Å². The molecule has 78 valence electrons. The molecule has 1 atom stereocenters. The first-order chi connectivity index (χ1) is 6.50. The van der Waals surface area contributed by atoms with Gasteiger partial charge in [0.2, 0.25) is 11.8 Å². The van der Waals surface area contributed by atoms with Gasteiger partial charge in [-0.05, 0) is 28.8 Å². The largest absolute Gasteiger partial charge is 0.473 e. The third-order valence-electron chi connectivity index (χ3n) is 1.97. The lowest BCUT2D eigenvalue weighted by molar-refractivity contribution is 0.162. The Morgan fingerprint density at radius 3 is 2.64 bits per heavy atom. The first-order valence-electron chi connectivity index (χ1n) is 4.45. The number of halogens is 1. The van der Waals surface area contributed by atoms with Gasteiger partial charge in [-0.3, -0.25) is 0 Å². The fourth-order valence-electron chi connectivity index (χ4n) is 0.759. The number of rotatable bonds is 3. The molecule has 1 rings (SSSR count). The molecular formula is C9H14BrN3O. The summed E-state index contributed by atoms with van der Waals surface area (Å²) in [7, 11) is 0. The summed E-state index contributed by atoms with van der Waals surface area (Å²) in [6.07, 6.45) is 1.69. The van der Waals surface area contributed by atoms with Gasteiger partial charge >= 0.3 is 0 Å². The van der Waals surface area contributed by atoms with Crippen molar-refractivity contribution in [3.63, 3.8) is 0 Å². The predicted octanol–water partition coefficient (Wildman–Crippen LogP) is 2.24. The molecule has 0 saturated heterocycles. The smallest absolute Gasteiger partial charge is 0.233 e. The second-order valence-corrected chi connectivity index (χ2v) is 4.30. The summed E-state index contributed by atoms with van der Waals surface area (Å²) in [6.45, 7) is 6.17. The fourth-order valence-corrected chi connectivity index (χ4v) is 1.04. The summed E-state index contributed by atoms with van der Waals surface area (Å²) < 4.78 is 6.33. The van der Waals surface area contributed by atoms with Crippen LogP contribution in [0.3, 0.4) is 0 Å². The molecule has 0 aliphatic rings. The van der Waals surface area contributed by atoms with Crippen molar-refractivity contribution in [2.75, 3.05) is 5.73 Å². The molecule has 2 N–H and O–H groups in total. The molecular weight excluding hydrogens is 246 g/mol. The zero-order valence-electron chi connectivity index (χ0n) is 8.49. The normalized spacial score (nSPS) is 12.9. The van der Waals surface area contributed by atoms with E-state index in [-0.39, 0.29) is 12.1 Å². The van der Waals surface area contributed by atoms with Crippen LogP contribution in [0.2, 0.25) is 0 Å². The highest BCUT2D eigenvalue weighted by molar-refractivity contribution is 9.10. The second-order valence-electron chi connectivity index (χ2n) is 3.45. The Bertz CT molecular complexity index is 317. The highest BCUT2D eigenvalue weighted by Gasteiger charge is 2.12. The standard InChI is InChI=1S/C9H14BrN3O/c1-5(2)6(3)14-8-7(10)4-12-9(11)13-8/h4-6H,1-3H3,(H2,11,12,13). The van der Waals surface area contributed by atoms with Crippen LogP contribution < -0.4 is 10.5 Å². The molecule has 1 aromatic rings. The summed E-state index contributed by atoms with van der Waals surface area (Å²) in [5.41, 5.74) is 5.46. The van der Waals surface area contributed by atoms with Crippen LogP contribution in [-0.2, 0) is 0 Å². The van der Waals surface area contributed by atoms with Crippen molar-refractivity contribution in [1.82, 2.24) is 9.97 Å². The van der Waals surface area contributed by atoms with E-state index in [2.05, 4.69) is 39.7 Å². The lowest BCUT2D eigenvalue weighted by Crippen LogP contribution is -2.19. The number of nitrogen functional groups attached to an aromatic ring is 1. The molecule has 4 nitrogen and oxygen atoms in total. The molecule has 0 aliphatic carbocycles. The van der Waals surface area contributed by atoms with Gasteiger partial charge in [-0.2, -0.15) is 4.98 Å². The summed E-state index contributed by atoms with van der Waals surface area (Å²) in [6, 6.07) is 0. The number of ether oxygens (including phenoxy) is 1. The molecule has 0 amide bonds. The lowest BCUT2D eigenvalue weighted by Gasteiger charge is -2.17. The van der Waals surface area contributed by atoms with Gasteiger partial charge in [0.1, 0.15) is 0 Å². The summed E-state index contributed by atoms with van der Waals surface area (Å²) in [5.74, 6) is 1.15. The second kappa shape index (κ2) is 4.59. The fraction of sp³-hybridized carbons (Fsp3) is 0.556. The van der Waals surface area contributed by atoms with E-state index in [1.165, 1.54) is 0 Å². The SMILES string of the molecule is CC(C)C(C)Oc1nc(N)ncc1Br. The topological polar surface area (TPSA) is 61.0 Å². The quantitative estimate of drug-likeness (QED) is 0.905. The maximum absolute atomic E-state index is 5.61. The van der Waals surface area contributed by atoms with Gasteiger partial charge in [-0.1, -0.05) is 13.8 Å². The van der Waals surface area contributed by atoms with Crippen LogP contribution in [0.4, 0.5) is 5.95 Å². The monoisotopic (exact) mass is 259 g/mol. The Balaban J connectivity index is 2.80. The first kappa shape index (κ1) is 11.2. The minimum atomic E-state index is 0.0978. The van der Waals surface area contributed by atoms with Crippen LogP contribution in [0.15, 0.2) is 10.7 Å². The number of hydrogen-bond acceptors (Lipinski definition) is 4. The summed E-state index contributed by atoms with van der Waals surface area (Å²) >= 11 is 3.30. The van der Waals surface area contributed by atoms with Crippen LogP contribution >= 0.6 is 15.9 Å². The van der Waals surface area contributed by atoms with Crippen LogP contribution in [0.1, 0.15) is 20.8 Å². The van der Waals surface area contributed by atoms with Gasteiger partial charge in [-0.25, -0.2) is 4.98 Å². The van der Waals surface area contributed by atoms with Gasteiger partial charge in [0.05, 0.1) is 16.8 Å². The highest BCUT2D eigenvalue weighted by Crippen LogP contribution is 2.23. The van der Waals surface area contributed by atoms with Crippen molar-refractivity contribution in [3.05, 3.63) is 10.7 Å². The minimum absolute atomic E-state index is 0.0978. The number of anilines is 1. The third-order valence-corrected chi connectivity index (χ3v) is 2.51. The van der Waals surface area contributed by atoms with Crippen LogP contribution in [0, 0.1) is 5.92 Å². The van der Waals surface area contributed by atoms with Crippen molar-refractivity contribution < 1.29 is 4.74 Å². The molecule has 0 radical (unpaired) electrons. The Kier molecular flexibility index (Phi) is 3.69. The molecule has 0 fully saturated rings.